The molecule has 0 aromatic heterocycles. The second-order valence-corrected chi connectivity index (χ2v) is 4.34. The first-order valence-electron chi connectivity index (χ1n) is 3.92. The molecule has 0 amide bonds. The Morgan fingerprint density at radius 3 is 2.15 bits per heavy atom. The van der Waals surface area contributed by atoms with Gasteiger partial charge in [-0.1, -0.05) is 6.92 Å². The third-order valence-corrected chi connectivity index (χ3v) is 3.05. The van der Waals surface area contributed by atoms with Crippen LogP contribution in [0.4, 0.5) is 0 Å². The molecule has 4 nitrogen and oxygen atoms in total. The molecule has 5 heteroatoms. The predicted octanol–water partition coefficient (Wildman–Crippen LogP) is 0.312. The number of hydrogen-bond donors (Lipinski definition) is 3. The molecule has 0 aliphatic carbocycles. The van der Waals surface area contributed by atoms with Crippen LogP contribution in [0, 0.1) is 5.92 Å². The molecule has 3 N–H and O–H groups in total. The smallest absolute Gasteiger partial charge is 0.321 e. The monoisotopic (exact) mass is 205 g/mol. The summed E-state index contributed by atoms with van der Waals surface area (Å²) in [6.07, 6.45) is 0. The SMILES string of the molecule is CC(=O)C(C)C(C)(S)C(N)C(=O)O. The topological polar surface area (TPSA) is 80.4 Å². The number of carboxylic acids is 1. The van der Waals surface area contributed by atoms with Crippen LogP contribution in [0.25, 0.3) is 0 Å². The number of rotatable bonds is 4. The van der Waals surface area contributed by atoms with Gasteiger partial charge in [0.2, 0.25) is 0 Å². The van der Waals surface area contributed by atoms with Gasteiger partial charge in [0.05, 0.1) is 0 Å². The van der Waals surface area contributed by atoms with Gasteiger partial charge in [0.25, 0.3) is 0 Å². The van der Waals surface area contributed by atoms with Crippen molar-refractivity contribution in [3.63, 3.8) is 0 Å². The molecule has 0 saturated carbocycles. The first-order chi connectivity index (χ1) is 5.71. The lowest BCUT2D eigenvalue weighted by Crippen LogP contribution is -2.52. The summed E-state index contributed by atoms with van der Waals surface area (Å²) in [6, 6.07) is -1.14. The van der Waals surface area contributed by atoms with Crippen LogP contribution in [0.5, 0.6) is 0 Å². The van der Waals surface area contributed by atoms with Crippen LogP contribution >= 0.6 is 12.6 Å². The summed E-state index contributed by atoms with van der Waals surface area (Å²) in [4.78, 5) is 21.6. The van der Waals surface area contributed by atoms with Gasteiger partial charge in [0.15, 0.2) is 0 Å². The van der Waals surface area contributed by atoms with Crippen LogP contribution in [-0.4, -0.2) is 27.6 Å². The van der Waals surface area contributed by atoms with Gasteiger partial charge in [-0.25, -0.2) is 0 Å². The van der Waals surface area contributed by atoms with Crippen molar-refractivity contribution >= 4 is 24.4 Å². The van der Waals surface area contributed by atoms with Crippen molar-refractivity contribution in [3.05, 3.63) is 0 Å². The van der Waals surface area contributed by atoms with Gasteiger partial charge >= 0.3 is 5.97 Å². The Morgan fingerprint density at radius 1 is 1.54 bits per heavy atom. The average molecular weight is 205 g/mol. The zero-order chi connectivity index (χ0) is 10.8. The number of carbonyl (C=O) groups excluding carboxylic acids is 1. The van der Waals surface area contributed by atoms with Crippen molar-refractivity contribution in [2.75, 3.05) is 0 Å². The Bertz CT molecular complexity index is 205. The lowest BCUT2D eigenvalue weighted by Gasteiger charge is -2.32. The Morgan fingerprint density at radius 2 is 1.92 bits per heavy atom. The number of thiol groups is 1. The highest BCUT2D eigenvalue weighted by molar-refractivity contribution is 7.82. The maximum absolute atomic E-state index is 11.0. The van der Waals surface area contributed by atoms with E-state index in [4.69, 9.17) is 10.8 Å². The molecule has 13 heavy (non-hydrogen) atoms. The van der Waals surface area contributed by atoms with Crippen molar-refractivity contribution in [1.29, 1.82) is 0 Å². The number of carboxylic acid groups (broad SMARTS) is 1. The molecule has 0 radical (unpaired) electrons. The van der Waals surface area contributed by atoms with Crippen molar-refractivity contribution in [2.45, 2.75) is 31.6 Å². The van der Waals surface area contributed by atoms with E-state index < -0.39 is 22.7 Å². The fraction of sp³-hybridized carbons (Fsp3) is 0.750. The Balaban J connectivity index is 4.74. The summed E-state index contributed by atoms with van der Waals surface area (Å²) in [5.41, 5.74) is 5.40. The van der Waals surface area contributed by atoms with E-state index in [9.17, 15) is 9.59 Å². The normalized spacial score (nSPS) is 20.1. The molecule has 0 heterocycles. The highest BCUT2D eigenvalue weighted by Gasteiger charge is 2.40. The molecule has 0 aromatic carbocycles. The van der Waals surface area contributed by atoms with Crippen LogP contribution in [0.3, 0.4) is 0 Å². The van der Waals surface area contributed by atoms with Crippen LogP contribution in [-0.2, 0) is 9.59 Å². The minimum atomic E-state index is -1.15. The van der Waals surface area contributed by atoms with E-state index in [0.717, 1.165) is 0 Å². The zero-order valence-corrected chi connectivity index (χ0v) is 8.84. The fourth-order valence-electron chi connectivity index (χ4n) is 0.931. The summed E-state index contributed by atoms with van der Waals surface area (Å²) < 4.78 is -1.02. The Labute approximate surface area is 82.9 Å². The number of aliphatic carboxylic acids is 1. The van der Waals surface area contributed by atoms with E-state index in [0.29, 0.717) is 0 Å². The van der Waals surface area contributed by atoms with Gasteiger partial charge < -0.3 is 10.8 Å². The van der Waals surface area contributed by atoms with Crippen LogP contribution in [0.2, 0.25) is 0 Å². The van der Waals surface area contributed by atoms with E-state index in [1.165, 1.54) is 6.92 Å². The maximum atomic E-state index is 11.0. The number of hydrogen-bond acceptors (Lipinski definition) is 4. The summed E-state index contributed by atoms with van der Waals surface area (Å²) in [5.74, 6) is -1.75. The lowest BCUT2D eigenvalue weighted by atomic mass is 9.85. The molecular formula is C8H15NO3S. The molecule has 3 unspecified atom stereocenters. The van der Waals surface area contributed by atoms with Gasteiger partial charge in [-0.05, 0) is 13.8 Å². The van der Waals surface area contributed by atoms with Gasteiger partial charge in [-0.3, -0.25) is 9.59 Å². The summed E-state index contributed by atoms with van der Waals surface area (Å²) in [6.45, 7) is 4.58. The number of nitrogens with two attached hydrogens (primary N) is 1. The first-order valence-corrected chi connectivity index (χ1v) is 4.37. The van der Waals surface area contributed by atoms with Crippen molar-refractivity contribution < 1.29 is 14.7 Å². The first kappa shape index (κ1) is 12.4. The van der Waals surface area contributed by atoms with Crippen LogP contribution in [0.1, 0.15) is 20.8 Å². The highest BCUT2D eigenvalue weighted by atomic mass is 32.1. The second-order valence-electron chi connectivity index (χ2n) is 3.37. The third-order valence-electron chi connectivity index (χ3n) is 2.38. The van der Waals surface area contributed by atoms with E-state index in [-0.39, 0.29) is 5.78 Å². The molecule has 3 atom stereocenters. The van der Waals surface area contributed by atoms with E-state index in [1.54, 1.807) is 13.8 Å². The molecule has 0 saturated heterocycles. The molecule has 0 aliphatic rings. The predicted molar refractivity (Wildman–Crippen MR) is 52.8 cm³/mol. The molecule has 0 rings (SSSR count). The van der Waals surface area contributed by atoms with Crippen molar-refractivity contribution in [3.8, 4) is 0 Å². The summed E-state index contributed by atoms with van der Waals surface area (Å²) in [7, 11) is 0. The minimum absolute atomic E-state index is 0.116. The van der Waals surface area contributed by atoms with Crippen molar-refractivity contribution in [2.24, 2.45) is 11.7 Å². The van der Waals surface area contributed by atoms with Crippen molar-refractivity contribution in [1.82, 2.24) is 0 Å². The third kappa shape index (κ3) is 2.70. The molecule has 0 fully saturated rings. The molecule has 0 aliphatic heterocycles. The standard InChI is InChI=1S/C8H15NO3S/c1-4(5(2)10)8(3,13)6(9)7(11)12/h4,6,13H,9H2,1-3H3,(H,11,12). The highest BCUT2D eigenvalue weighted by Crippen LogP contribution is 2.28. The average Bonchev–Trinajstić information content (AvgIpc) is 2.01. The summed E-state index contributed by atoms with van der Waals surface area (Å²) >= 11 is 4.13. The van der Waals surface area contributed by atoms with E-state index >= 15 is 0 Å². The number of ketones is 1. The number of Topliss-reactive ketones (excluding diaryl/α,β-unsaturated/α-hetero) is 1. The number of carbonyl (C=O) groups is 2. The molecule has 0 aromatic rings. The van der Waals surface area contributed by atoms with E-state index in [1.807, 2.05) is 0 Å². The molecule has 0 spiro atoms. The van der Waals surface area contributed by atoms with Gasteiger partial charge in [-0.2, -0.15) is 12.6 Å². The van der Waals surface area contributed by atoms with Crippen LogP contribution in [0.15, 0.2) is 0 Å². The van der Waals surface area contributed by atoms with Gasteiger partial charge in [-0.15, -0.1) is 0 Å². The molecule has 0 bridgehead atoms. The Hall–Kier alpha value is -0.550. The van der Waals surface area contributed by atoms with Gasteiger partial charge in [0.1, 0.15) is 11.8 Å². The quantitative estimate of drug-likeness (QED) is 0.577. The second kappa shape index (κ2) is 4.11. The minimum Gasteiger partial charge on any atom is -0.480 e. The zero-order valence-electron chi connectivity index (χ0n) is 7.94. The van der Waals surface area contributed by atoms with Crippen LogP contribution < -0.4 is 5.73 Å². The lowest BCUT2D eigenvalue weighted by molar-refractivity contribution is -0.139. The molecule has 76 valence electrons. The summed E-state index contributed by atoms with van der Waals surface area (Å²) in [5, 5.41) is 8.66. The van der Waals surface area contributed by atoms with Gasteiger partial charge in [0, 0.05) is 10.7 Å². The molecular weight excluding hydrogens is 190 g/mol. The largest absolute Gasteiger partial charge is 0.480 e. The Kier molecular flexibility index (Phi) is 3.93. The van der Waals surface area contributed by atoms with E-state index in [2.05, 4.69) is 12.6 Å². The maximum Gasteiger partial charge on any atom is 0.321 e. The fourth-order valence-corrected chi connectivity index (χ4v) is 1.22.